The molecule has 7 nitrogen and oxygen atoms in total. The van der Waals surface area contributed by atoms with Gasteiger partial charge in [-0.1, -0.05) is 0 Å². The summed E-state index contributed by atoms with van der Waals surface area (Å²) in [5.41, 5.74) is 3.39. The van der Waals surface area contributed by atoms with E-state index in [4.69, 9.17) is 0 Å². The van der Waals surface area contributed by atoms with Crippen molar-refractivity contribution >= 4 is 5.97 Å². The lowest BCUT2D eigenvalue weighted by Gasteiger charge is -2.43. The second-order valence-corrected chi connectivity index (χ2v) is 8.99. The van der Waals surface area contributed by atoms with Gasteiger partial charge in [0.15, 0.2) is 0 Å². The largest absolute Gasteiger partial charge is 0.478 e. The third-order valence-corrected chi connectivity index (χ3v) is 7.03. The first-order valence-electron chi connectivity index (χ1n) is 10.8. The smallest absolute Gasteiger partial charge is 0.336 e. The first-order chi connectivity index (χ1) is 14.3. The van der Waals surface area contributed by atoms with Crippen molar-refractivity contribution in [3.8, 4) is 0 Å². The molecule has 0 spiro atoms. The number of likely N-dealkylation sites (tertiary alicyclic amines) is 1. The van der Waals surface area contributed by atoms with Gasteiger partial charge in [0.1, 0.15) is 5.82 Å². The fraction of sp³-hybridized carbons (Fsp3) is 0.565. The highest BCUT2D eigenvalue weighted by molar-refractivity contribution is 5.93. The highest BCUT2D eigenvalue weighted by atomic mass is 16.4. The predicted molar refractivity (Wildman–Crippen MR) is 117 cm³/mol. The Balaban J connectivity index is 1.64. The maximum Gasteiger partial charge on any atom is 0.336 e. The van der Waals surface area contributed by atoms with E-state index in [2.05, 4.69) is 46.8 Å². The summed E-state index contributed by atoms with van der Waals surface area (Å²) in [5.74, 6) is 0.307. The van der Waals surface area contributed by atoms with Crippen LogP contribution in [0.2, 0.25) is 0 Å². The van der Waals surface area contributed by atoms with Gasteiger partial charge in [-0.3, -0.25) is 4.90 Å². The number of piperidine rings is 1. The minimum absolute atomic E-state index is 0.152. The molecule has 7 heteroatoms. The van der Waals surface area contributed by atoms with E-state index >= 15 is 0 Å². The molecular formula is C23H33N5O2. The molecule has 1 fully saturated rings. The zero-order chi connectivity index (χ0) is 21.6. The minimum atomic E-state index is -0.857. The molecule has 3 aliphatic heterocycles. The number of hydrogen-bond donors (Lipinski definition) is 1. The van der Waals surface area contributed by atoms with Crippen LogP contribution in [0.25, 0.3) is 0 Å². The summed E-state index contributed by atoms with van der Waals surface area (Å²) in [6, 6.07) is 0.791. The highest BCUT2D eigenvalue weighted by Crippen LogP contribution is 2.40. The van der Waals surface area contributed by atoms with E-state index in [1.165, 1.54) is 0 Å². The number of allylic oxidation sites excluding steroid dienone is 1. The van der Waals surface area contributed by atoms with Crippen LogP contribution in [-0.4, -0.2) is 81.1 Å². The van der Waals surface area contributed by atoms with Crippen molar-refractivity contribution in [1.29, 1.82) is 0 Å². The number of rotatable bonds is 5. The van der Waals surface area contributed by atoms with Crippen molar-refractivity contribution in [1.82, 2.24) is 24.3 Å². The number of carboxylic acids is 1. The first kappa shape index (κ1) is 20.9. The van der Waals surface area contributed by atoms with Gasteiger partial charge in [-0.25, -0.2) is 9.78 Å². The molecule has 1 aromatic heterocycles. The highest BCUT2D eigenvalue weighted by Gasteiger charge is 2.37. The number of aromatic nitrogens is 2. The van der Waals surface area contributed by atoms with Crippen LogP contribution in [0.1, 0.15) is 38.4 Å². The lowest BCUT2D eigenvalue weighted by atomic mass is 9.94. The quantitative estimate of drug-likeness (QED) is 0.803. The number of hydrogen-bond acceptors (Lipinski definition) is 5. The van der Waals surface area contributed by atoms with Gasteiger partial charge in [0.05, 0.1) is 11.5 Å². The van der Waals surface area contributed by atoms with Crippen molar-refractivity contribution < 1.29 is 9.90 Å². The summed E-state index contributed by atoms with van der Waals surface area (Å²) < 4.78 is 2.05. The molecule has 2 atom stereocenters. The Morgan fingerprint density at radius 3 is 2.57 bits per heavy atom. The van der Waals surface area contributed by atoms with E-state index in [-0.39, 0.29) is 12.0 Å². The molecule has 0 aliphatic carbocycles. The van der Waals surface area contributed by atoms with Crippen LogP contribution >= 0.6 is 0 Å². The molecule has 3 aliphatic rings. The zero-order valence-electron chi connectivity index (χ0n) is 18.7. The fourth-order valence-electron chi connectivity index (χ4n) is 5.23. The topological polar surface area (TPSA) is 64.8 Å². The van der Waals surface area contributed by atoms with Crippen molar-refractivity contribution in [2.75, 3.05) is 33.7 Å². The van der Waals surface area contributed by atoms with E-state index in [1.54, 1.807) is 0 Å². The SMILES string of the molecule is CC1=C(C(C)N2CCC(N(C)C)CC2)N2CC(c3nccn3C)C=C2C=C1C(=O)O. The molecule has 162 valence electrons. The first-order valence-corrected chi connectivity index (χ1v) is 10.8. The third-order valence-electron chi connectivity index (χ3n) is 7.03. The third kappa shape index (κ3) is 3.61. The van der Waals surface area contributed by atoms with Gasteiger partial charge in [0, 0.05) is 62.6 Å². The van der Waals surface area contributed by atoms with Crippen LogP contribution in [0.3, 0.4) is 0 Å². The van der Waals surface area contributed by atoms with E-state index in [9.17, 15) is 9.90 Å². The van der Waals surface area contributed by atoms with Crippen molar-refractivity contribution in [3.63, 3.8) is 0 Å². The van der Waals surface area contributed by atoms with Gasteiger partial charge in [-0.05, 0) is 58.5 Å². The predicted octanol–water partition coefficient (Wildman–Crippen LogP) is 2.42. The number of imidazole rings is 1. The van der Waals surface area contributed by atoms with Crippen molar-refractivity contribution in [3.05, 3.63) is 52.9 Å². The lowest BCUT2D eigenvalue weighted by Crippen LogP contribution is -2.48. The molecule has 1 aromatic rings. The van der Waals surface area contributed by atoms with Crippen LogP contribution < -0.4 is 0 Å². The zero-order valence-corrected chi connectivity index (χ0v) is 18.7. The summed E-state index contributed by atoms with van der Waals surface area (Å²) in [5, 5.41) is 9.84. The molecule has 4 rings (SSSR count). The Morgan fingerprint density at radius 2 is 2.00 bits per heavy atom. The Labute approximate surface area is 179 Å². The summed E-state index contributed by atoms with van der Waals surface area (Å²) in [7, 11) is 6.32. The number of carboxylic acid groups (broad SMARTS) is 1. The maximum absolute atomic E-state index is 12.0. The molecule has 0 bridgehead atoms. The number of fused-ring (bicyclic) bond motifs is 1. The van der Waals surface area contributed by atoms with Crippen LogP contribution in [0.4, 0.5) is 0 Å². The molecule has 0 saturated carbocycles. The lowest BCUT2D eigenvalue weighted by molar-refractivity contribution is -0.132. The number of nitrogens with zero attached hydrogens (tertiary/aromatic N) is 5. The number of carbonyl (C=O) groups is 1. The molecule has 4 heterocycles. The summed E-state index contributed by atoms with van der Waals surface area (Å²) in [6.07, 6.45) is 10.1. The standard InChI is InChI=1S/C23H33N5O2/c1-15-20(23(29)30)13-19-12-17(22-24-8-11-26(22)5)14-28(19)21(15)16(2)27-9-6-18(7-10-27)25(3)4/h8,11-13,16-18H,6-7,9-10,14H2,1-5H3,(H,29,30). The summed E-state index contributed by atoms with van der Waals surface area (Å²) >= 11 is 0. The monoisotopic (exact) mass is 411 g/mol. The van der Waals surface area contributed by atoms with Crippen LogP contribution in [0.5, 0.6) is 0 Å². The fourth-order valence-corrected chi connectivity index (χ4v) is 5.23. The Hall–Kier alpha value is -2.38. The average Bonchev–Trinajstić information content (AvgIpc) is 3.32. The van der Waals surface area contributed by atoms with Gasteiger partial charge in [0.25, 0.3) is 0 Å². The molecule has 0 aromatic carbocycles. The van der Waals surface area contributed by atoms with Gasteiger partial charge >= 0.3 is 5.97 Å². The maximum atomic E-state index is 12.0. The van der Waals surface area contributed by atoms with E-state index in [0.29, 0.717) is 11.6 Å². The Bertz CT molecular complexity index is 918. The van der Waals surface area contributed by atoms with Crippen LogP contribution in [-0.2, 0) is 11.8 Å². The Morgan fingerprint density at radius 1 is 1.30 bits per heavy atom. The molecular weight excluding hydrogens is 378 g/mol. The molecule has 1 N–H and O–H groups in total. The molecule has 1 saturated heterocycles. The molecule has 30 heavy (non-hydrogen) atoms. The molecule has 0 radical (unpaired) electrons. The second kappa shape index (κ2) is 8.04. The van der Waals surface area contributed by atoms with E-state index in [1.807, 2.05) is 37.0 Å². The number of aryl methyl sites for hydroxylation is 1. The van der Waals surface area contributed by atoms with Gasteiger partial charge in [-0.2, -0.15) is 0 Å². The minimum Gasteiger partial charge on any atom is -0.478 e. The summed E-state index contributed by atoms with van der Waals surface area (Å²) in [6.45, 7) is 7.05. The van der Waals surface area contributed by atoms with E-state index < -0.39 is 5.97 Å². The van der Waals surface area contributed by atoms with Crippen molar-refractivity contribution in [2.45, 2.75) is 44.7 Å². The van der Waals surface area contributed by atoms with Crippen LogP contribution in [0.15, 0.2) is 47.1 Å². The number of aliphatic carboxylic acids is 1. The van der Waals surface area contributed by atoms with Gasteiger partial charge < -0.3 is 19.5 Å². The average molecular weight is 412 g/mol. The Kier molecular flexibility index (Phi) is 5.59. The normalized spacial score (nSPS) is 24.2. The van der Waals surface area contributed by atoms with Gasteiger partial charge in [-0.15, -0.1) is 0 Å². The summed E-state index contributed by atoms with van der Waals surface area (Å²) in [4.78, 5) is 23.7. The van der Waals surface area contributed by atoms with Crippen molar-refractivity contribution in [2.24, 2.45) is 7.05 Å². The van der Waals surface area contributed by atoms with E-state index in [0.717, 1.165) is 55.3 Å². The van der Waals surface area contributed by atoms with Gasteiger partial charge in [0.2, 0.25) is 0 Å². The molecule has 2 unspecified atom stereocenters. The second-order valence-electron chi connectivity index (χ2n) is 8.99. The molecule has 0 amide bonds. The van der Waals surface area contributed by atoms with Crippen LogP contribution in [0, 0.1) is 0 Å².